The van der Waals surface area contributed by atoms with E-state index in [1.165, 1.54) is 6.33 Å². The molecule has 0 saturated heterocycles. The Morgan fingerprint density at radius 2 is 1.68 bits per heavy atom. The van der Waals surface area contributed by atoms with Crippen LogP contribution in [0, 0.1) is 0 Å². The summed E-state index contributed by atoms with van der Waals surface area (Å²) in [7, 11) is 0. The van der Waals surface area contributed by atoms with E-state index < -0.39 is 0 Å². The fourth-order valence-corrected chi connectivity index (χ4v) is 2.91. The number of aromatic nitrogens is 3. The Bertz CT molecular complexity index is 967. The third kappa shape index (κ3) is 3.09. The molecule has 0 aliphatic heterocycles. The summed E-state index contributed by atoms with van der Waals surface area (Å²) < 4.78 is 0. The van der Waals surface area contributed by atoms with Crippen molar-refractivity contribution in [2.45, 2.75) is 6.04 Å². The number of hydrogen-bond donors (Lipinski definition) is 3. The quantitative estimate of drug-likeness (QED) is 0.521. The molecule has 25 heavy (non-hydrogen) atoms. The Morgan fingerprint density at radius 3 is 2.40 bits per heavy atom. The highest BCUT2D eigenvalue weighted by Crippen LogP contribution is 2.28. The maximum atomic E-state index is 9.78. The smallest absolute Gasteiger partial charge is 0.143 e. The Balaban J connectivity index is 1.71. The number of hydrogen-bond acceptors (Lipinski definition) is 4. The van der Waals surface area contributed by atoms with Crippen molar-refractivity contribution in [3.63, 3.8) is 0 Å². The number of fused-ring (bicyclic) bond motifs is 1. The zero-order valence-electron chi connectivity index (χ0n) is 13.6. The predicted octanol–water partition coefficient (Wildman–Crippen LogP) is 3.77. The largest absolute Gasteiger partial charge is 0.394 e. The predicted molar refractivity (Wildman–Crippen MR) is 99.2 cm³/mol. The minimum atomic E-state index is -0.227. The van der Waals surface area contributed by atoms with Crippen LogP contribution in [-0.4, -0.2) is 26.7 Å². The van der Waals surface area contributed by atoms with Gasteiger partial charge >= 0.3 is 0 Å². The summed E-state index contributed by atoms with van der Waals surface area (Å²) in [6.45, 7) is -0.0223. The van der Waals surface area contributed by atoms with Crippen LogP contribution in [-0.2, 0) is 0 Å². The van der Waals surface area contributed by atoms with E-state index in [-0.39, 0.29) is 12.6 Å². The van der Waals surface area contributed by atoms with Gasteiger partial charge in [0.05, 0.1) is 18.0 Å². The molecule has 0 aliphatic carbocycles. The Morgan fingerprint density at radius 1 is 0.960 bits per heavy atom. The van der Waals surface area contributed by atoms with E-state index in [0.29, 0.717) is 5.82 Å². The van der Waals surface area contributed by atoms with Crippen LogP contribution < -0.4 is 5.32 Å². The van der Waals surface area contributed by atoms with Crippen LogP contribution in [0.15, 0.2) is 73.1 Å². The highest BCUT2D eigenvalue weighted by Gasteiger charge is 2.14. The molecule has 0 unspecified atom stereocenters. The van der Waals surface area contributed by atoms with Crippen molar-refractivity contribution in [3.8, 4) is 11.3 Å². The molecule has 3 N–H and O–H groups in total. The first-order valence-electron chi connectivity index (χ1n) is 8.16. The van der Waals surface area contributed by atoms with Crippen molar-refractivity contribution in [2.24, 2.45) is 0 Å². The average Bonchev–Trinajstić information content (AvgIpc) is 3.12. The van der Waals surface area contributed by atoms with Gasteiger partial charge in [0.2, 0.25) is 0 Å². The van der Waals surface area contributed by atoms with Gasteiger partial charge in [-0.1, -0.05) is 60.7 Å². The summed E-state index contributed by atoms with van der Waals surface area (Å²) >= 11 is 0. The number of nitrogens with one attached hydrogen (secondary N) is 2. The SMILES string of the molecule is OC[C@@H](Nc1ncnc2[nH]c(-c3ccccc3)cc12)c1ccccc1. The van der Waals surface area contributed by atoms with Gasteiger partial charge in [0.15, 0.2) is 0 Å². The lowest BCUT2D eigenvalue weighted by atomic mass is 10.1. The van der Waals surface area contributed by atoms with E-state index in [2.05, 4.69) is 20.3 Å². The van der Waals surface area contributed by atoms with Crippen molar-refractivity contribution >= 4 is 16.9 Å². The lowest BCUT2D eigenvalue weighted by Crippen LogP contribution is -2.15. The third-order valence-corrected chi connectivity index (χ3v) is 4.21. The molecule has 2 aromatic heterocycles. The second-order valence-electron chi connectivity index (χ2n) is 5.82. The Hall–Kier alpha value is -3.18. The molecule has 0 fully saturated rings. The molecule has 4 rings (SSSR count). The zero-order valence-corrected chi connectivity index (χ0v) is 13.6. The van der Waals surface area contributed by atoms with Gasteiger partial charge in [-0.3, -0.25) is 0 Å². The molecule has 2 heterocycles. The summed E-state index contributed by atoms with van der Waals surface area (Å²) in [5, 5.41) is 14.0. The van der Waals surface area contributed by atoms with E-state index in [0.717, 1.165) is 27.9 Å². The van der Waals surface area contributed by atoms with Gasteiger partial charge in [-0.15, -0.1) is 0 Å². The van der Waals surface area contributed by atoms with Crippen LogP contribution in [0.4, 0.5) is 5.82 Å². The summed E-state index contributed by atoms with van der Waals surface area (Å²) in [5.41, 5.74) is 3.85. The minimum absolute atomic E-state index is 0.0223. The summed E-state index contributed by atoms with van der Waals surface area (Å²) in [4.78, 5) is 12.0. The number of aromatic amines is 1. The lowest BCUT2D eigenvalue weighted by Gasteiger charge is -2.17. The van der Waals surface area contributed by atoms with Gasteiger partial charge in [-0.25, -0.2) is 9.97 Å². The standard InChI is InChI=1S/C20H18N4O/c25-12-18(15-9-5-2-6-10-15)24-20-16-11-17(14-7-3-1-4-8-14)23-19(16)21-13-22-20/h1-11,13,18,25H,12H2,(H2,21,22,23,24)/t18-/m1/s1. The fraction of sp³-hybridized carbons (Fsp3) is 0.100. The number of benzene rings is 2. The van der Waals surface area contributed by atoms with Crippen LogP contribution in [0.25, 0.3) is 22.3 Å². The van der Waals surface area contributed by atoms with Crippen molar-refractivity contribution in [1.82, 2.24) is 15.0 Å². The van der Waals surface area contributed by atoms with Gasteiger partial charge in [-0.2, -0.15) is 0 Å². The molecular formula is C20H18N4O. The van der Waals surface area contributed by atoms with Gasteiger partial charge in [0, 0.05) is 5.69 Å². The van der Waals surface area contributed by atoms with Crippen LogP contribution in [0.1, 0.15) is 11.6 Å². The van der Waals surface area contributed by atoms with Gasteiger partial charge < -0.3 is 15.4 Å². The molecular weight excluding hydrogens is 312 g/mol. The molecule has 5 nitrogen and oxygen atoms in total. The minimum Gasteiger partial charge on any atom is -0.394 e. The molecule has 124 valence electrons. The maximum Gasteiger partial charge on any atom is 0.143 e. The first kappa shape index (κ1) is 15.4. The normalized spacial score (nSPS) is 12.2. The van der Waals surface area contributed by atoms with Gasteiger partial charge in [-0.05, 0) is 17.2 Å². The molecule has 0 saturated carbocycles. The second-order valence-corrected chi connectivity index (χ2v) is 5.82. The highest BCUT2D eigenvalue weighted by atomic mass is 16.3. The van der Waals surface area contributed by atoms with Crippen molar-refractivity contribution < 1.29 is 5.11 Å². The Labute approximate surface area is 145 Å². The highest BCUT2D eigenvalue weighted by molar-refractivity contribution is 5.91. The molecule has 0 aliphatic rings. The average molecular weight is 330 g/mol. The monoisotopic (exact) mass is 330 g/mol. The molecule has 0 amide bonds. The van der Waals surface area contributed by atoms with Crippen LogP contribution >= 0.6 is 0 Å². The van der Waals surface area contributed by atoms with E-state index in [1.807, 2.05) is 66.7 Å². The van der Waals surface area contributed by atoms with Crippen molar-refractivity contribution in [2.75, 3.05) is 11.9 Å². The van der Waals surface area contributed by atoms with E-state index in [4.69, 9.17) is 0 Å². The number of anilines is 1. The summed E-state index contributed by atoms with van der Waals surface area (Å²) in [6, 6.07) is 21.7. The maximum absolute atomic E-state index is 9.78. The van der Waals surface area contributed by atoms with Crippen LogP contribution in [0.5, 0.6) is 0 Å². The molecule has 4 aromatic rings. The first-order valence-corrected chi connectivity index (χ1v) is 8.16. The lowest BCUT2D eigenvalue weighted by molar-refractivity contribution is 0.276. The van der Waals surface area contributed by atoms with E-state index in [9.17, 15) is 5.11 Å². The number of H-pyrrole nitrogens is 1. The van der Waals surface area contributed by atoms with Gasteiger partial charge in [0.25, 0.3) is 0 Å². The summed E-state index contributed by atoms with van der Waals surface area (Å²) in [6.07, 6.45) is 1.52. The number of nitrogens with zero attached hydrogens (tertiary/aromatic N) is 2. The fourth-order valence-electron chi connectivity index (χ4n) is 2.91. The Kier molecular flexibility index (Phi) is 4.14. The van der Waals surface area contributed by atoms with Gasteiger partial charge in [0.1, 0.15) is 17.8 Å². The molecule has 0 radical (unpaired) electrons. The topological polar surface area (TPSA) is 73.8 Å². The number of aliphatic hydroxyl groups excluding tert-OH is 1. The van der Waals surface area contributed by atoms with Crippen LogP contribution in [0.2, 0.25) is 0 Å². The van der Waals surface area contributed by atoms with Crippen LogP contribution in [0.3, 0.4) is 0 Å². The van der Waals surface area contributed by atoms with E-state index in [1.54, 1.807) is 0 Å². The zero-order chi connectivity index (χ0) is 17.1. The molecule has 5 heteroatoms. The molecule has 0 bridgehead atoms. The molecule has 1 atom stereocenters. The molecule has 2 aromatic carbocycles. The van der Waals surface area contributed by atoms with Crippen molar-refractivity contribution in [1.29, 1.82) is 0 Å². The second kappa shape index (κ2) is 6.75. The van der Waals surface area contributed by atoms with Crippen molar-refractivity contribution in [3.05, 3.63) is 78.6 Å². The first-order chi connectivity index (χ1) is 12.3. The third-order valence-electron chi connectivity index (χ3n) is 4.21. The number of aliphatic hydroxyl groups is 1. The molecule has 0 spiro atoms. The van der Waals surface area contributed by atoms with E-state index >= 15 is 0 Å². The summed E-state index contributed by atoms with van der Waals surface area (Å²) in [5.74, 6) is 0.700. The number of rotatable bonds is 5.